The van der Waals surface area contributed by atoms with Crippen LogP contribution in [0.5, 0.6) is 0 Å². The Balaban J connectivity index is 1.72. The predicted octanol–water partition coefficient (Wildman–Crippen LogP) is 2.34. The van der Waals surface area contributed by atoms with E-state index in [9.17, 15) is 4.79 Å². The molecule has 0 bridgehead atoms. The summed E-state index contributed by atoms with van der Waals surface area (Å²) < 4.78 is 3.72. The molecular weight excluding hydrogens is 346 g/mol. The van der Waals surface area contributed by atoms with Crippen LogP contribution in [0.2, 0.25) is 0 Å². The Labute approximate surface area is 135 Å². The first kappa shape index (κ1) is 14.5. The van der Waals surface area contributed by atoms with Gasteiger partial charge in [0.05, 0.1) is 18.2 Å². The summed E-state index contributed by atoms with van der Waals surface area (Å²) in [7, 11) is 1.62. The number of halogens is 1. The van der Waals surface area contributed by atoms with E-state index < -0.39 is 0 Å². The number of nitrogens with zero attached hydrogens (tertiary/aromatic N) is 4. The molecule has 0 saturated heterocycles. The van der Waals surface area contributed by atoms with Crippen LogP contribution in [0.4, 0.5) is 5.69 Å². The second-order valence-electron chi connectivity index (χ2n) is 4.79. The molecule has 7 heteroatoms. The third-order valence-electron chi connectivity index (χ3n) is 3.30. The van der Waals surface area contributed by atoms with Crippen LogP contribution in [0, 0.1) is 0 Å². The van der Waals surface area contributed by atoms with Gasteiger partial charge in [0.25, 0.3) is 5.56 Å². The van der Waals surface area contributed by atoms with Gasteiger partial charge in [0.2, 0.25) is 0 Å². The van der Waals surface area contributed by atoms with E-state index >= 15 is 0 Å². The van der Waals surface area contributed by atoms with Crippen LogP contribution in [0.25, 0.3) is 5.69 Å². The molecule has 1 aromatic carbocycles. The topological polar surface area (TPSA) is 64.7 Å². The van der Waals surface area contributed by atoms with Gasteiger partial charge in [-0.3, -0.25) is 4.79 Å². The molecule has 0 unspecified atom stereocenters. The predicted molar refractivity (Wildman–Crippen MR) is 88.1 cm³/mol. The molecule has 22 heavy (non-hydrogen) atoms. The fourth-order valence-electron chi connectivity index (χ4n) is 2.03. The molecule has 0 fully saturated rings. The lowest BCUT2D eigenvalue weighted by Crippen LogP contribution is -2.21. The van der Waals surface area contributed by atoms with Gasteiger partial charge in [-0.2, -0.15) is 5.10 Å². The summed E-state index contributed by atoms with van der Waals surface area (Å²) in [4.78, 5) is 15.8. The van der Waals surface area contributed by atoms with E-state index in [0.717, 1.165) is 11.3 Å². The van der Waals surface area contributed by atoms with E-state index in [0.29, 0.717) is 16.7 Å². The number of imidazole rings is 1. The Bertz CT molecular complexity index is 824. The molecule has 2 heterocycles. The highest BCUT2D eigenvalue weighted by molar-refractivity contribution is 9.10. The number of benzene rings is 1. The number of aromatic nitrogens is 4. The average Bonchev–Trinajstić information content (AvgIpc) is 3.07. The zero-order valence-electron chi connectivity index (χ0n) is 11.9. The maximum absolute atomic E-state index is 11.8. The van der Waals surface area contributed by atoms with Crippen molar-refractivity contribution in [3.8, 4) is 5.69 Å². The van der Waals surface area contributed by atoms with Crippen molar-refractivity contribution in [2.45, 2.75) is 6.54 Å². The van der Waals surface area contributed by atoms with Gasteiger partial charge in [-0.1, -0.05) is 12.1 Å². The zero-order valence-corrected chi connectivity index (χ0v) is 13.5. The summed E-state index contributed by atoms with van der Waals surface area (Å²) in [6, 6.07) is 8.11. The fraction of sp³-hybridized carbons (Fsp3) is 0.133. The smallest absolute Gasteiger partial charge is 0.282 e. The van der Waals surface area contributed by atoms with Gasteiger partial charge in [-0.15, -0.1) is 0 Å². The van der Waals surface area contributed by atoms with E-state index in [4.69, 9.17) is 0 Å². The van der Waals surface area contributed by atoms with Crippen LogP contribution in [0.3, 0.4) is 0 Å². The van der Waals surface area contributed by atoms with Gasteiger partial charge in [0, 0.05) is 31.7 Å². The highest BCUT2D eigenvalue weighted by Gasteiger charge is 2.06. The lowest BCUT2D eigenvalue weighted by atomic mass is 10.2. The summed E-state index contributed by atoms with van der Waals surface area (Å²) in [5, 5.41) is 7.21. The monoisotopic (exact) mass is 359 g/mol. The quantitative estimate of drug-likeness (QED) is 0.776. The van der Waals surface area contributed by atoms with Crippen molar-refractivity contribution in [2.24, 2.45) is 7.05 Å². The van der Waals surface area contributed by atoms with Gasteiger partial charge in [0.15, 0.2) is 0 Å². The number of nitrogens with one attached hydrogen (secondary N) is 1. The van der Waals surface area contributed by atoms with Gasteiger partial charge in [-0.05, 0) is 33.6 Å². The summed E-state index contributed by atoms with van der Waals surface area (Å²) in [5.41, 5.74) is 2.68. The van der Waals surface area contributed by atoms with E-state index in [1.807, 2.05) is 35.0 Å². The minimum absolute atomic E-state index is 0.166. The number of hydrogen-bond acceptors (Lipinski definition) is 4. The Kier molecular flexibility index (Phi) is 4.06. The van der Waals surface area contributed by atoms with Crippen molar-refractivity contribution in [3.63, 3.8) is 0 Å². The van der Waals surface area contributed by atoms with Crippen LogP contribution < -0.4 is 10.9 Å². The normalized spacial score (nSPS) is 10.6. The van der Waals surface area contributed by atoms with Crippen LogP contribution in [-0.4, -0.2) is 19.3 Å². The third kappa shape index (κ3) is 2.94. The maximum atomic E-state index is 11.8. The van der Waals surface area contributed by atoms with Crippen LogP contribution >= 0.6 is 15.9 Å². The lowest BCUT2D eigenvalue weighted by Gasteiger charge is -2.09. The molecule has 112 valence electrons. The van der Waals surface area contributed by atoms with E-state index in [2.05, 4.69) is 31.3 Å². The van der Waals surface area contributed by atoms with Crippen molar-refractivity contribution in [1.29, 1.82) is 0 Å². The number of aryl methyl sites for hydroxylation is 1. The molecule has 3 rings (SSSR count). The van der Waals surface area contributed by atoms with Crippen molar-refractivity contribution >= 4 is 21.6 Å². The number of hydrogen-bond donors (Lipinski definition) is 1. The fourth-order valence-corrected chi connectivity index (χ4v) is 2.53. The number of rotatable bonds is 4. The molecule has 0 aliphatic heterocycles. The molecule has 0 aliphatic rings. The van der Waals surface area contributed by atoms with Crippen molar-refractivity contribution in [2.75, 3.05) is 5.32 Å². The van der Waals surface area contributed by atoms with E-state index in [-0.39, 0.29) is 5.56 Å². The highest BCUT2D eigenvalue weighted by atomic mass is 79.9. The molecule has 2 aromatic heterocycles. The minimum Gasteiger partial charge on any atom is -0.379 e. The highest BCUT2D eigenvalue weighted by Crippen LogP contribution is 2.17. The number of anilines is 1. The molecule has 3 aromatic rings. The first-order valence-electron chi connectivity index (χ1n) is 6.68. The summed E-state index contributed by atoms with van der Waals surface area (Å²) in [5.74, 6) is 0. The molecule has 0 atom stereocenters. The zero-order chi connectivity index (χ0) is 15.5. The summed E-state index contributed by atoms with van der Waals surface area (Å²) in [6.45, 7) is 0.609. The Morgan fingerprint density at radius 2 is 2.05 bits per heavy atom. The van der Waals surface area contributed by atoms with Gasteiger partial charge in [-0.25, -0.2) is 9.67 Å². The lowest BCUT2D eigenvalue weighted by molar-refractivity contribution is 0.703. The standard InChI is InChI=1S/C15H14BrN5O/c1-20-15(22)14(16)13(9-19-20)18-8-11-2-4-12(5-3-11)21-7-6-17-10-21/h2-7,9-10,18H,8H2,1H3. The van der Waals surface area contributed by atoms with Crippen molar-refractivity contribution in [1.82, 2.24) is 19.3 Å². The molecule has 0 radical (unpaired) electrons. The maximum Gasteiger partial charge on any atom is 0.282 e. The van der Waals surface area contributed by atoms with Crippen LogP contribution in [0.15, 0.2) is 58.5 Å². The summed E-state index contributed by atoms with van der Waals surface area (Å²) >= 11 is 3.30. The molecule has 0 aliphatic carbocycles. The van der Waals surface area contributed by atoms with Crippen LogP contribution in [-0.2, 0) is 13.6 Å². The molecule has 6 nitrogen and oxygen atoms in total. The molecule has 0 saturated carbocycles. The minimum atomic E-state index is -0.166. The Morgan fingerprint density at radius 1 is 1.27 bits per heavy atom. The van der Waals surface area contributed by atoms with Crippen LogP contribution in [0.1, 0.15) is 5.56 Å². The van der Waals surface area contributed by atoms with Gasteiger partial charge >= 0.3 is 0 Å². The van der Waals surface area contributed by atoms with Crippen molar-refractivity contribution < 1.29 is 0 Å². The third-order valence-corrected chi connectivity index (χ3v) is 4.07. The first-order valence-corrected chi connectivity index (χ1v) is 7.47. The van der Waals surface area contributed by atoms with E-state index in [1.165, 1.54) is 4.68 Å². The molecular formula is C15H14BrN5O. The van der Waals surface area contributed by atoms with Gasteiger partial charge < -0.3 is 9.88 Å². The SMILES string of the molecule is Cn1ncc(NCc2ccc(-n3ccnc3)cc2)c(Br)c1=O. The first-order chi connectivity index (χ1) is 10.6. The Hall–Kier alpha value is -2.41. The Morgan fingerprint density at radius 3 is 2.73 bits per heavy atom. The van der Waals surface area contributed by atoms with E-state index in [1.54, 1.807) is 25.8 Å². The van der Waals surface area contributed by atoms with Gasteiger partial charge in [0.1, 0.15) is 4.47 Å². The molecule has 1 N–H and O–H groups in total. The average molecular weight is 360 g/mol. The largest absolute Gasteiger partial charge is 0.379 e. The molecule has 0 amide bonds. The second-order valence-corrected chi connectivity index (χ2v) is 5.58. The molecule has 0 spiro atoms. The summed E-state index contributed by atoms with van der Waals surface area (Å²) in [6.07, 6.45) is 7.03. The van der Waals surface area contributed by atoms with Crippen molar-refractivity contribution in [3.05, 3.63) is 69.6 Å². The second kappa shape index (κ2) is 6.15.